The molecule has 0 atom stereocenters. The number of halogens is 1. The SMILES string of the molecule is CSc1ccc(C#N)c2sc(Br)cc12. The van der Waals surface area contributed by atoms with Crippen molar-refractivity contribution in [3.63, 3.8) is 0 Å². The summed E-state index contributed by atoms with van der Waals surface area (Å²) >= 11 is 6.77. The van der Waals surface area contributed by atoms with E-state index in [0.717, 1.165) is 14.0 Å². The fraction of sp³-hybridized carbons (Fsp3) is 0.100. The Morgan fingerprint density at radius 1 is 1.50 bits per heavy atom. The van der Waals surface area contributed by atoms with Gasteiger partial charge < -0.3 is 0 Å². The van der Waals surface area contributed by atoms with Crippen molar-refractivity contribution in [2.75, 3.05) is 6.26 Å². The van der Waals surface area contributed by atoms with Crippen molar-refractivity contribution in [2.45, 2.75) is 4.90 Å². The summed E-state index contributed by atoms with van der Waals surface area (Å²) in [5.41, 5.74) is 0.758. The molecule has 0 amide bonds. The Morgan fingerprint density at radius 2 is 2.29 bits per heavy atom. The molecule has 0 bridgehead atoms. The molecular formula is C10H6BrNS2. The van der Waals surface area contributed by atoms with Crippen LogP contribution in [0, 0.1) is 11.3 Å². The first kappa shape index (κ1) is 10.0. The maximum Gasteiger partial charge on any atom is 0.101 e. The Balaban J connectivity index is 2.86. The van der Waals surface area contributed by atoms with Gasteiger partial charge in [-0.05, 0) is 40.4 Å². The molecule has 0 spiro atoms. The molecule has 0 aliphatic carbocycles. The van der Waals surface area contributed by atoms with Crippen molar-refractivity contribution in [3.05, 3.63) is 27.5 Å². The Kier molecular flexibility index (Phi) is 2.82. The van der Waals surface area contributed by atoms with Crippen LogP contribution < -0.4 is 0 Å². The summed E-state index contributed by atoms with van der Waals surface area (Å²) < 4.78 is 2.15. The van der Waals surface area contributed by atoms with Crippen LogP contribution in [0.1, 0.15) is 5.56 Å². The first-order valence-corrected chi connectivity index (χ1v) is 6.76. The van der Waals surface area contributed by atoms with Crippen LogP contribution >= 0.6 is 39.0 Å². The van der Waals surface area contributed by atoms with Gasteiger partial charge in [0.1, 0.15) is 6.07 Å². The molecule has 2 aromatic rings. The normalized spacial score (nSPS) is 10.4. The van der Waals surface area contributed by atoms with Gasteiger partial charge in [-0.2, -0.15) is 5.26 Å². The van der Waals surface area contributed by atoms with Gasteiger partial charge >= 0.3 is 0 Å². The van der Waals surface area contributed by atoms with Gasteiger partial charge in [0.25, 0.3) is 0 Å². The number of hydrogen-bond acceptors (Lipinski definition) is 3. The molecular weight excluding hydrogens is 278 g/mol. The van der Waals surface area contributed by atoms with Crippen LogP contribution in [0.4, 0.5) is 0 Å². The van der Waals surface area contributed by atoms with Gasteiger partial charge in [0.05, 0.1) is 14.0 Å². The lowest BCUT2D eigenvalue weighted by Gasteiger charge is -1.99. The molecule has 1 aromatic carbocycles. The molecule has 0 unspecified atom stereocenters. The van der Waals surface area contributed by atoms with Crippen LogP contribution in [0.15, 0.2) is 26.9 Å². The van der Waals surface area contributed by atoms with Gasteiger partial charge in [-0.3, -0.25) is 0 Å². The van der Waals surface area contributed by atoms with E-state index in [-0.39, 0.29) is 0 Å². The number of benzene rings is 1. The molecule has 70 valence electrons. The van der Waals surface area contributed by atoms with E-state index in [1.807, 2.05) is 18.4 Å². The molecule has 0 saturated carbocycles. The largest absolute Gasteiger partial charge is 0.192 e. The average Bonchev–Trinajstić information content (AvgIpc) is 2.57. The first-order valence-electron chi connectivity index (χ1n) is 3.92. The number of thiophene rings is 1. The summed E-state index contributed by atoms with van der Waals surface area (Å²) in [5.74, 6) is 0. The molecule has 0 aliphatic heterocycles. The second-order valence-electron chi connectivity index (χ2n) is 2.72. The molecule has 1 heterocycles. The molecule has 0 saturated heterocycles. The molecule has 1 aromatic heterocycles. The maximum atomic E-state index is 8.94. The van der Waals surface area contributed by atoms with Gasteiger partial charge in [0.15, 0.2) is 0 Å². The van der Waals surface area contributed by atoms with E-state index in [2.05, 4.69) is 28.1 Å². The zero-order valence-electron chi connectivity index (χ0n) is 7.37. The van der Waals surface area contributed by atoms with Gasteiger partial charge in [0.2, 0.25) is 0 Å². The second-order valence-corrected chi connectivity index (χ2v) is 6.00. The van der Waals surface area contributed by atoms with Gasteiger partial charge in [-0.1, -0.05) is 0 Å². The number of hydrogen-bond donors (Lipinski definition) is 0. The molecule has 2 rings (SSSR count). The molecule has 1 nitrogen and oxygen atoms in total. The highest BCUT2D eigenvalue weighted by molar-refractivity contribution is 9.11. The third kappa shape index (κ3) is 1.56. The lowest BCUT2D eigenvalue weighted by Crippen LogP contribution is -1.76. The number of nitrogens with zero attached hydrogens (tertiary/aromatic N) is 1. The predicted octanol–water partition coefficient (Wildman–Crippen LogP) is 4.26. The standard InChI is InChI=1S/C10H6BrNS2/c1-13-8-3-2-6(5-12)10-7(8)4-9(11)14-10/h2-4H,1H3. The molecule has 0 N–H and O–H groups in total. The number of rotatable bonds is 1. The van der Waals surface area contributed by atoms with Crippen molar-refractivity contribution in [3.8, 4) is 6.07 Å². The zero-order chi connectivity index (χ0) is 10.1. The highest BCUT2D eigenvalue weighted by Gasteiger charge is 2.08. The van der Waals surface area contributed by atoms with E-state index in [4.69, 9.17) is 5.26 Å². The number of thioether (sulfide) groups is 1. The monoisotopic (exact) mass is 283 g/mol. The van der Waals surface area contributed by atoms with Crippen molar-refractivity contribution in [1.29, 1.82) is 5.26 Å². The van der Waals surface area contributed by atoms with Crippen LogP contribution in [0.5, 0.6) is 0 Å². The van der Waals surface area contributed by atoms with E-state index < -0.39 is 0 Å². The van der Waals surface area contributed by atoms with Crippen LogP contribution in [-0.4, -0.2) is 6.26 Å². The lowest BCUT2D eigenvalue weighted by atomic mass is 10.2. The Hall–Kier alpha value is -0.500. The zero-order valence-corrected chi connectivity index (χ0v) is 10.6. The van der Waals surface area contributed by atoms with E-state index in [9.17, 15) is 0 Å². The number of nitriles is 1. The minimum absolute atomic E-state index is 0.758. The average molecular weight is 284 g/mol. The van der Waals surface area contributed by atoms with Crippen molar-refractivity contribution in [1.82, 2.24) is 0 Å². The summed E-state index contributed by atoms with van der Waals surface area (Å²) in [5, 5.41) is 10.1. The Labute approximate surface area is 98.9 Å². The number of fused-ring (bicyclic) bond motifs is 1. The molecule has 0 fully saturated rings. The van der Waals surface area contributed by atoms with Crippen LogP contribution in [-0.2, 0) is 0 Å². The second kappa shape index (κ2) is 3.93. The van der Waals surface area contributed by atoms with Crippen LogP contribution in [0.3, 0.4) is 0 Å². The third-order valence-corrected chi connectivity index (χ3v) is 4.42. The van der Waals surface area contributed by atoms with Crippen molar-refractivity contribution >= 4 is 49.1 Å². The van der Waals surface area contributed by atoms with Gasteiger partial charge in [-0.15, -0.1) is 23.1 Å². The fourth-order valence-corrected chi connectivity index (χ4v) is 3.57. The van der Waals surface area contributed by atoms with E-state index >= 15 is 0 Å². The summed E-state index contributed by atoms with van der Waals surface area (Å²) in [6.07, 6.45) is 2.05. The van der Waals surface area contributed by atoms with Crippen LogP contribution in [0.25, 0.3) is 10.1 Å². The van der Waals surface area contributed by atoms with E-state index in [1.54, 1.807) is 23.1 Å². The minimum Gasteiger partial charge on any atom is -0.192 e. The van der Waals surface area contributed by atoms with Crippen LogP contribution in [0.2, 0.25) is 0 Å². The van der Waals surface area contributed by atoms with Gasteiger partial charge in [-0.25, -0.2) is 0 Å². The minimum atomic E-state index is 0.758. The van der Waals surface area contributed by atoms with Crippen molar-refractivity contribution < 1.29 is 0 Å². The summed E-state index contributed by atoms with van der Waals surface area (Å²) in [6.45, 7) is 0. The fourth-order valence-electron chi connectivity index (χ4n) is 1.33. The predicted molar refractivity (Wildman–Crippen MR) is 66.0 cm³/mol. The third-order valence-electron chi connectivity index (χ3n) is 1.95. The maximum absolute atomic E-state index is 8.94. The summed E-state index contributed by atoms with van der Waals surface area (Å²) in [7, 11) is 0. The molecule has 0 aliphatic rings. The highest BCUT2D eigenvalue weighted by atomic mass is 79.9. The lowest BCUT2D eigenvalue weighted by molar-refractivity contribution is 1.49. The Morgan fingerprint density at radius 3 is 2.93 bits per heavy atom. The van der Waals surface area contributed by atoms with E-state index in [1.165, 1.54) is 10.3 Å². The highest BCUT2D eigenvalue weighted by Crippen LogP contribution is 2.37. The molecule has 14 heavy (non-hydrogen) atoms. The summed E-state index contributed by atoms with van der Waals surface area (Å²) in [6, 6.07) is 8.18. The quantitative estimate of drug-likeness (QED) is 0.731. The van der Waals surface area contributed by atoms with Gasteiger partial charge in [0, 0.05) is 10.3 Å². The summed E-state index contributed by atoms with van der Waals surface area (Å²) in [4.78, 5) is 1.22. The smallest absolute Gasteiger partial charge is 0.101 e. The molecule has 4 heteroatoms. The Bertz CT molecular complexity index is 525. The van der Waals surface area contributed by atoms with Crippen molar-refractivity contribution in [2.24, 2.45) is 0 Å². The first-order chi connectivity index (χ1) is 6.76. The van der Waals surface area contributed by atoms with E-state index in [0.29, 0.717) is 0 Å². The topological polar surface area (TPSA) is 23.8 Å². The molecule has 0 radical (unpaired) electrons.